The van der Waals surface area contributed by atoms with Crippen molar-refractivity contribution < 1.29 is 14.5 Å². The van der Waals surface area contributed by atoms with E-state index in [1.54, 1.807) is 6.92 Å². The third-order valence-corrected chi connectivity index (χ3v) is 2.29. The molecule has 0 saturated carbocycles. The third kappa shape index (κ3) is 2.99. The van der Waals surface area contributed by atoms with Crippen molar-refractivity contribution in [3.05, 3.63) is 32.5 Å². The summed E-state index contributed by atoms with van der Waals surface area (Å²) in [5.74, 6) is -0.491. The molecule has 0 radical (unpaired) electrons. The van der Waals surface area contributed by atoms with E-state index in [2.05, 4.69) is 20.9 Å². The molecular formula is C9H9BrN2O4. The molecule has 0 aliphatic carbocycles. The lowest BCUT2D eigenvalue weighted by atomic mass is 10.1. The van der Waals surface area contributed by atoms with E-state index in [1.165, 1.54) is 13.0 Å². The maximum Gasteiger partial charge on any atom is 0.303 e. The first-order valence-corrected chi connectivity index (χ1v) is 5.18. The van der Waals surface area contributed by atoms with Gasteiger partial charge in [0.1, 0.15) is 16.9 Å². The van der Waals surface area contributed by atoms with E-state index in [0.717, 1.165) is 6.20 Å². The fourth-order valence-corrected chi connectivity index (χ4v) is 1.58. The Bertz CT molecular complexity index is 436. The summed E-state index contributed by atoms with van der Waals surface area (Å²) < 4.78 is 5.34. The number of halogens is 1. The number of nitro groups is 1. The Morgan fingerprint density at radius 1 is 1.69 bits per heavy atom. The minimum absolute atomic E-state index is 0.169. The maximum absolute atomic E-state index is 10.8. The van der Waals surface area contributed by atoms with E-state index >= 15 is 0 Å². The van der Waals surface area contributed by atoms with Crippen LogP contribution in [0.3, 0.4) is 0 Å². The Labute approximate surface area is 99.9 Å². The van der Waals surface area contributed by atoms with Gasteiger partial charge >= 0.3 is 5.97 Å². The Morgan fingerprint density at radius 3 is 2.81 bits per heavy atom. The van der Waals surface area contributed by atoms with Crippen LogP contribution in [0, 0.1) is 10.1 Å². The van der Waals surface area contributed by atoms with E-state index in [-0.39, 0.29) is 5.69 Å². The van der Waals surface area contributed by atoms with Gasteiger partial charge < -0.3 is 4.74 Å². The van der Waals surface area contributed by atoms with Gasteiger partial charge in [0.15, 0.2) is 0 Å². The third-order valence-electron chi connectivity index (χ3n) is 1.86. The Kier molecular flexibility index (Phi) is 3.94. The van der Waals surface area contributed by atoms with Gasteiger partial charge in [-0.05, 0) is 28.9 Å². The van der Waals surface area contributed by atoms with Gasteiger partial charge in [-0.2, -0.15) is 0 Å². The molecule has 0 fully saturated rings. The summed E-state index contributed by atoms with van der Waals surface area (Å²) in [6.07, 6.45) is 0.441. The fraction of sp³-hybridized carbons (Fsp3) is 0.333. The Hall–Kier alpha value is -1.50. The van der Waals surface area contributed by atoms with Crippen LogP contribution in [0.4, 0.5) is 5.69 Å². The average molecular weight is 289 g/mol. The molecule has 0 saturated heterocycles. The predicted octanol–water partition coefficient (Wildman–Crippen LogP) is 2.38. The minimum Gasteiger partial charge on any atom is -0.458 e. The molecule has 1 heterocycles. The number of rotatable bonds is 3. The van der Waals surface area contributed by atoms with Gasteiger partial charge in [-0.15, -0.1) is 0 Å². The molecule has 1 aromatic heterocycles. The summed E-state index contributed by atoms with van der Waals surface area (Å²) in [6.45, 7) is 2.81. The molecule has 1 unspecified atom stereocenters. The van der Waals surface area contributed by atoms with Crippen LogP contribution in [0.5, 0.6) is 0 Å². The van der Waals surface area contributed by atoms with Crippen molar-refractivity contribution in [2.45, 2.75) is 20.0 Å². The molecule has 0 aromatic carbocycles. The van der Waals surface area contributed by atoms with Gasteiger partial charge in [0.25, 0.3) is 5.69 Å². The molecule has 6 nitrogen and oxygen atoms in total. The van der Waals surface area contributed by atoms with Crippen LogP contribution < -0.4 is 0 Å². The number of ether oxygens (including phenoxy) is 1. The summed E-state index contributed by atoms with van der Waals surface area (Å²) in [4.78, 5) is 24.7. The lowest BCUT2D eigenvalue weighted by molar-refractivity contribution is -0.386. The summed E-state index contributed by atoms with van der Waals surface area (Å²) in [7, 11) is 0. The maximum atomic E-state index is 10.8. The van der Waals surface area contributed by atoms with Crippen molar-refractivity contribution in [2.24, 2.45) is 0 Å². The number of nitrogens with zero attached hydrogens (tertiary/aromatic N) is 2. The zero-order chi connectivity index (χ0) is 12.3. The second-order valence-electron chi connectivity index (χ2n) is 3.07. The van der Waals surface area contributed by atoms with Crippen LogP contribution >= 0.6 is 15.9 Å². The van der Waals surface area contributed by atoms with Gasteiger partial charge in [0.2, 0.25) is 0 Å². The number of hydrogen-bond donors (Lipinski definition) is 0. The molecule has 0 N–H and O–H groups in total. The normalized spacial score (nSPS) is 11.9. The number of esters is 1. The molecule has 0 spiro atoms. The first-order valence-electron chi connectivity index (χ1n) is 4.39. The molecule has 1 rings (SSSR count). The zero-order valence-corrected chi connectivity index (χ0v) is 10.2. The summed E-state index contributed by atoms with van der Waals surface area (Å²) >= 11 is 3.11. The highest BCUT2D eigenvalue weighted by molar-refractivity contribution is 9.10. The first kappa shape index (κ1) is 12.6. The second-order valence-corrected chi connectivity index (χ2v) is 3.89. The molecule has 16 heavy (non-hydrogen) atoms. The van der Waals surface area contributed by atoms with Crippen molar-refractivity contribution in [1.29, 1.82) is 0 Å². The number of hydrogen-bond acceptors (Lipinski definition) is 5. The van der Waals surface area contributed by atoms with Gasteiger partial charge in [-0.3, -0.25) is 14.9 Å². The Morgan fingerprint density at radius 2 is 2.31 bits per heavy atom. The minimum atomic E-state index is -0.683. The summed E-state index contributed by atoms with van der Waals surface area (Å²) in [5.41, 5.74) is 0.138. The lowest BCUT2D eigenvalue weighted by Crippen LogP contribution is -2.07. The number of carbonyl (C=O) groups is 1. The molecule has 0 aliphatic heterocycles. The van der Waals surface area contributed by atoms with E-state index in [4.69, 9.17) is 4.74 Å². The van der Waals surface area contributed by atoms with Crippen LogP contribution in [-0.4, -0.2) is 15.9 Å². The highest BCUT2D eigenvalue weighted by Crippen LogP contribution is 2.28. The number of aromatic nitrogens is 1. The summed E-state index contributed by atoms with van der Waals surface area (Å²) in [6, 6.07) is 1.46. The molecule has 1 atom stereocenters. The van der Waals surface area contributed by atoms with E-state index < -0.39 is 17.0 Å². The second kappa shape index (κ2) is 5.02. The van der Waals surface area contributed by atoms with Gasteiger partial charge in [-0.1, -0.05) is 0 Å². The molecule has 0 aliphatic rings. The van der Waals surface area contributed by atoms with E-state index in [0.29, 0.717) is 10.2 Å². The molecular weight excluding hydrogens is 280 g/mol. The topological polar surface area (TPSA) is 82.3 Å². The zero-order valence-electron chi connectivity index (χ0n) is 8.64. The standard InChI is InChI=1S/C9H9BrN2O4/c1-5(16-6(2)13)7-3-9(10)11-4-8(7)12(14)15/h3-5H,1-2H3. The van der Waals surface area contributed by atoms with Crippen LogP contribution in [0.15, 0.2) is 16.9 Å². The Balaban J connectivity index is 3.13. The predicted molar refractivity (Wildman–Crippen MR) is 58.8 cm³/mol. The largest absolute Gasteiger partial charge is 0.458 e. The van der Waals surface area contributed by atoms with Crippen LogP contribution in [0.1, 0.15) is 25.5 Å². The highest BCUT2D eigenvalue weighted by Gasteiger charge is 2.21. The molecule has 0 amide bonds. The quantitative estimate of drug-likeness (QED) is 0.369. The highest BCUT2D eigenvalue weighted by atomic mass is 79.9. The molecule has 86 valence electrons. The molecule has 1 aromatic rings. The summed E-state index contributed by atoms with van der Waals surface area (Å²) in [5, 5.41) is 10.7. The lowest BCUT2D eigenvalue weighted by Gasteiger charge is -2.12. The van der Waals surface area contributed by atoms with Crippen molar-refractivity contribution in [3.63, 3.8) is 0 Å². The smallest absolute Gasteiger partial charge is 0.303 e. The SMILES string of the molecule is CC(=O)OC(C)c1cc(Br)ncc1[N+](=O)[O-]. The number of carbonyl (C=O) groups excluding carboxylic acids is 1. The van der Waals surface area contributed by atoms with Crippen molar-refractivity contribution >= 4 is 27.6 Å². The average Bonchev–Trinajstić information content (AvgIpc) is 2.15. The van der Waals surface area contributed by atoms with Crippen molar-refractivity contribution in [1.82, 2.24) is 4.98 Å². The monoisotopic (exact) mass is 288 g/mol. The van der Waals surface area contributed by atoms with E-state index in [9.17, 15) is 14.9 Å². The van der Waals surface area contributed by atoms with Crippen molar-refractivity contribution in [2.75, 3.05) is 0 Å². The van der Waals surface area contributed by atoms with Gasteiger partial charge in [0.05, 0.1) is 10.5 Å². The van der Waals surface area contributed by atoms with Crippen molar-refractivity contribution in [3.8, 4) is 0 Å². The van der Waals surface area contributed by atoms with Gasteiger partial charge in [0, 0.05) is 6.92 Å². The first-order chi connectivity index (χ1) is 7.41. The van der Waals surface area contributed by atoms with Gasteiger partial charge in [-0.25, -0.2) is 4.98 Å². The van der Waals surface area contributed by atoms with Crippen LogP contribution in [-0.2, 0) is 9.53 Å². The van der Waals surface area contributed by atoms with Crippen LogP contribution in [0.2, 0.25) is 0 Å². The number of pyridine rings is 1. The van der Waals surface area contributed by atoms with Crippen LogP contribution in [0.25, 0.3) is 0 Å². The molecule has 0 bridgehead atoms. The molecule has 7 heteroatoms. The van der Waals surface area contributed by atoms with E-state index in [1.807, 2.05) is 0 Å². The fourth-order valence-electron chi connectivity index (χ4n) is 1.23.